The van der Waals surface area contributed by atoms with Gasteiger partial charge in [-0.15, -0.1) is 0 Å². The summed E-state index contributed by atoms with van der Waals surface area (Å²) in [5, 5.41) is 4.06. The van der Waals surface area contributed by atoms with Gasteiger partial charge in [0.15, 0.2) is 0 Å². The van der Waals surface area contributed by atoms with E-state index in [0.717, 1.165) is 38.0 Å². The number of hydrogen-bond acceptors (Lipinski definition) is 1. The third-order valence-electron chi connectivity index (χ3n) is 5.31. The summed E-state index contributed by atoms with van der Waals surface area (Å²) in [6.45, 7) is 0. The first-order valence-electron chi connectivity index (χ1n) is 9.40. The van der Waals surface area contributed by atoms with Gasteiger partial charge in [0.1, 0.15) is 0 Å². The standard InChI is InChI=1S/C24H16Cl3N3/c25-15-5-6-19(23(27)11-15)24(30-10-9-28-14-30)21-13-29-12-20(21)17-7-8-22(26)18-4-2-1-3-16(17)18/h1-14,24,29H. The molecule has 0 aliphatic rings. The van der Waals surface area contributed by atoms with Crippen LogP contribution in [0.15, 0.2) is 85.7 Å². The van der Waals surface area contributed by atoms with Crippen LogP contribution < -0.4 is 0 Å². The van der Waals surface area contributed by atoms with E-state index in [2.05, 4.69) is 22.1 Å². The van der Waals surface area contributed by atoms with Crippen LogP contribution in [0.1, 0.15) is 17.2 Å². The lowest BCUT2D eigenvalue weighted by atomic mass is 9.92. The molecule has 1 atom stereocenters. The van der Waals surface area contributed by atoms with Crippen LogP contribution in [0.5, 0.6) is 0 Å². The second-order valence-corrected chi connectivity index (χ2v) is 8.29. The number of nitrogens with one attached hydrogen (secondary N) is 1. The average Bonchev–Trinajstić information content (AvgIpc) is 3.43. The van der Waals surface area contributed by atoms with Crippen LogP contribution in [0.3, 0.4) is 0 Å². The van der Waals surface area contributed by atoms with E-state index in [1.54, 1.807) is 18.6 Å². The normalized spacial score (nSPS) is 12.4. The van der Waals surface area contributed by atoms with Crippen LogP contribution in [0.2, 0.25) is 15.1 Å². The number of hydrogen-bond donors (Lipinski definition) is 1. The number of fused-ring (bicyclic) bond motifs is 1. The van der Waals surface area contributed by atoms with Crippen LogP contribution >= 0.6 is 34.8 Å². The van der Waals surface area contributed by atoms with Crippen molar-refractivity contribution in [3.63, 3.8) is 0 Å². The molecule has 0 saturated heterocycles. The SMILES string of the molecule is Clc1ccc(C(c2c[nH]cc2-c2ccc(Cl)c3ccccc23)n2ccnc2)c(Cl)c1. The van der Waals surface area contributed by atoms with Crippen molar-refractivity contribution in [2.24, 2.45) is 0 Å². The topological polar surface area (TPSA) is 33.6 Å². The van der Waals surface area contributed by atoms with E-state index in [-0.39, 0.29) is 6.04 Å². The molecule has 0 fully saturated rings. The number of H-pyrrole nitrogens is 1. The molecule has 148 valence electrons. The minimum atomic E-state index is -0.173. The molecule has 3 aromatic carbocycles. The Bertz CT molecular complexity index is 1340. The first-order valence-corrected chi connectivity index (χ1v) is 10.5. The molecular weight excluding hydrogens is 437 g/mol. The van der Waals surface area contributed by atoms with Crippen LogP contribution in [-0.2, 0) is 0 Å². The molecule has 5 rings (SSSR count). The number of aromatic nitrogens is 3. The minimum absolute atomic E-state index is 0.173. The smallest absolute Gasteiger partial charge is 0.0954 e. The maximum absolute atomic E-state index is 6.63. The Balaban J connectivity index is 1.75. The van der Waals surface area contributed by atoms with Gasteiger partial charge in [0.2, 0.25) is 0 Å². The van der Waals surface area contributed by atoms with E-state index < -0.39 is 0 Å². The summed E-state index contributed by atoms with van der Waals surface area (Å²) >= 11 is 19.2. The second kappa shape index (κ2) is 7.84. The van der Waals surface area contributed by atoms with Gasteiger partial charge >= 0.3 is 0 Å². The number of halogens is 3. The summed E-state index contributed by atoms with van der Waals surface area (Å²) in [6.07, 6.45) is 9.52. The lowest BCUT2D eigenvalue weighted by molar-refractivity contribution is 0.679. The van der Waals surface area contributed by atoms with Crippen molar-refractivity contribution in [1.29, 1.82) is 0 Å². The molecule has 2 aromatic heterocycles. The lowest BCUT2D eigenvalue weighted by Crippen LogP contribution is -2.11. The number of benzene rings is 3. The molecule has 0 spiro atoms. The monoisotopic (exact) mass is 451 g/mol. The van der Waals surface area contributed by atoms with Crippen LogP contribution in [-0.4, -0.2) is 14.5 Å². The molecule has 5 aromatic rings. The van der Waals surface area contributed by atoms with Gasteiger partial charge < -0.3 is 9.55 Å². The van der Waals surface area contributed by atoms with Crippen molar-refractivity contribution in [3.8, 4) is 11.1 Å². The van der Waals surface area contributed by atoms with E-state index in [1.807, 2.05) is 59.6 Å². The molecule has 1 unspecified atom stereocenters. The highest BCUT2D eigenvalue weighted by molar-refractivity contribution is 6.36. The van der Waals surface area contributed by atoms with Gasteiger partial charge in [-0.3, -0.25) is 0 Å². The molecule has 0 aliphatic heterocycles. The number of rotatable bonds is 4. The van der Waals surface area contributed by atoms with Crippen LogP contribution in [0, 0.1) is 0 Å². The lowest BCUT2D eigenvalue weighted by Gasteiger charge is -2.22. The quantitative estimate of drug-likeness (QED) is 0.299. The molecule has 0 bridgehead atoms. The van der Waals surface area contributed by atoms with E-state index in [0.29, 0.717) is 10.0 Å². The van der Waals surface area contributed by atoms with Gasteiger partial charge in [-0.25, -0.2) is 4.98 Å². The Labute approximate surface area is 188 Å². The maximum atomic E-state index is 6.63. The summed E-state index contributed by atoms with van der Waals surface area (Å²) in [4.78, 5) is 7.54. The zero-order chi connectivity index (χ0) is 20.7. The molecule has 0 aliphatic carbocycles. The predicted octanol–water partition coefficient (Wildman–Crippen LogP) is 7.63. The fourth-order valence-corrected chi connectivity index (χ4v) is 4.71. The van der Waals surface area contributed by atoms with Gasteiger partial charge in [0, 0.05) is 56.4 Å². The first kappa shape index (κ1) is 19.3. The number of nitrogens with zero attached hydrogens (tertiary/aromatic N) is 2. The number of aromatic amines is 1. The van der Waals surface area contributed by atoms with Crippen molar-refractivity contribution in [2.75, 3.05) is 0 Å². The summed E-state index contributed by atoms with van der Waals surface area (Å²) < 4.78 is 2.04. The molecule has 3 nitrogen and oxygen atoms in total. The van der Waals surface area contributed by atoms with E-state index in [9.17, 15) is 0 Å². The first-order chi connectivity index (χ1) is 14.6. The third-order valence-corrected chi connectivity index (χ3v) is 6.21. The molecule has 1 N–H and O–H groups in total. The van der Waals surface area contributed by atoms with Gasteiger partial charge in [-0.05, 0) is 34.7 Å². The Morgan fingerprint density at radius 2 is 1.63 bits per heavy atom. The van der Waals surface area contributed by atoms with E-state index >= 15 is 0 Å². The van der Waals surface area contributed by atoms with Gasteiger partial charge in [-0.2, -0.15) is 0 Å². The van der Waals surface area contributed by atoms with Crippen LogP contribution in [0.4, 0.5) is 0 Å². The molecule has 6 heteroatoms. The summed E-state index contributed by atoms with van der Waals surface area (Å²) in [6, 6.07) is 17.6. The molecule has 0 radical (unpaired) electrons. The Morgan fingerprint density at radius 3 is 2.40 bits per heavy atom. The predicted molar refractivity (Wildman–Crippen MR) is 125 cm³/mol. The summed E-state index contributed by atoms with van der Waals surface area (Å²) in [5.41, 5.74) is 4.19. The maximum Gasteiger partial charge on any atom is 0.0954 e. The van der Waals surface area contributed by atoms with Crippen molar-refractivity contribution >= 4 is 45.6 Å². The van der Waals surface area contributed by atoms with Gasteiger partial charge in [-0.1, -0.05) is 71.2 Å². The minimum Gasteiger partial charge on any atom is -0.367 e. The van der Waals surface area contributed by atoms with Crippen LogP contribution in [0.25, 0.3) is 21.9 Å². The third kappa shape index (κ3) is 3.29. The fraction of sp³-hybridized carbons (Fsp3) is 0.0417. The highest BCUT2D eigenvalue weighted by atomic mass is 35.5. The largest absolute Gasteiger partial charge is 0.367 e. The summed E-state index contributed by atoms with van der Waals surface area (Å²) in [5.74, 6) is 0. The van der Waals surface area contributed by atoms with Gasteiger partial charge in [0.05, 0.1) is 12.4 Å². The molecule has 30 heavy (non-hydrogen) atoms. The Hall–Kier alpha value is -2.72. The van der Waals surface area contributed by atoms with Gasteiger partial charge in [0.25, 0.3) is 0 Å². The second-order valence-electron chi connectivity index (χ2n) is 7.04. The van der Waals surface area contributed by atoms with Crippen molar-refractivity contribution in [3.05, 3.63) is 112 Å². The Morgan fingerprint density at radius 1 is 0.800 bits per heavy atom. The molecular formula is C24H16Cl3N3. The average molecular weight is 453 g/mol. The highest BCUT2D eigenvalue weighted by Crippen LogP contribution is 2.41. The number of imidazole rings is 1. The van der Waals surface area contributed by atoms with Crippen molar-refractivity contribution in [1.82, 2.24) is 14.5 Å². The highest BCUT2D eigenvalue weighted by Gasteiger charge is 2.24. The zero-order valence-electron chi connectivity index (χ0n) is 15.7. The van der Waals surface area contributed by atoms with E-state index in [4.69, 9.17) is 34.8 Å². The Kier molecular flexibility index (Phi) is 5.03. The molecule has 0 saturated carbocycles. The molecule has 2 heterocycles. The summed E-state index contributed by atoms with van der Waals surface area (Å²) in [7, 11) is 0. The van der Waals surface area contributed by atoms with Crippen molar-refractivity contribution < 1.29 is 0 Å². The zero-order valence-corrected chi connectivity index (χ0v) is 18.0. The fourth-order valence-electron chi connectivity index (χ4n) is 3.97. The van der Waals surface area contributed by atoms with Crippen molar-refractivity contribution in [2.45, 2.75) is 6.04 Å². The molecule has 0 amide bonds. The van der Waals surface area contributed by atoms with E-state index in [1.165, 1.54) is 0 Å².